The van der Waals surface area contributed by atoms with E-state index in [0.717, 1.165) is 21.4 Å². The summed E-state index contributed by atoms with van der Waals surface area (Å²) in [5.74, 6) is -1.25. The second kappa shape index (κ2) is 5.14. The summed E-state index contributed by atoms with van der Waals surface area (Å²) in [7, 11) is -3.91. The van der Waals surface area contributed by atoms with Crippen molar-refractivity contribution in [3.8, 4) is 0 Å². The maximum atomic E-state index is 12.3. The van der Waals surface area contributed by atoms with Gasteiger partial charge in [0.15, 0.2) is 0 Å². The van der Waals surface area contributed by atoms with Gasteiger partial charge >= 0.3 is 5.97 Å². The highest BCUT2D eigenvalue weighted by Crippen LogP contribution is 2.27. The Hall–Kier alpha value is -1.90. The number of hydrogen-bond acceptors (Lipinski definition) is 5. The Bertz CT molecular complexity index is 924. The summed E-state index contributed by atoms with van der Waals surface area (Å²) in [5.41, 5.74) is 0.406. The third kappa shape index (κ3) is 2.65. The molecule has 0 amide bonds. The fraction of sp³-hybridized carbons (Fsp3) is 0. The van der Waals surface area contributed by atoms with Crippen molar-refractivity contribution in [3.63, 3.8) is 0 Å². The van der Waals surface area contributed by atoms with Crippen LogP contribution in [0.1, 0.15) is 9.67 Å². The Balaban J connectivity index is 1.98. The minimum Gasteiger partial charge on any atom is -0.477 e. The maximum absolute atomic E-state index is 12.3. The highest BCUT2D eigenvalue weighted by Gasteiger charge is 2.23. The highest BCUT2D eigenvalue weighted by molar-refractivity contribution is 7.93. The Morgan fingerprint density at radius 3 is 2.62 bits per heavy atom. The second-order valence-corrected chi connectivity index (χ2v) is 7.71. The summed E-state index contributed by atoms with van der Waals surface area (Å²) in [5, 5.41) is 13.3. The fourth-order valence-corrected chi connectivity index (χ4v) is 4.99. The number of hydrogen-bond donors (Lipinski definition) is 2. The molecule has 0 atom stereocenters. The molecule has 0 aliphatic carbocycles. The summed E-state index contributed by atoms with van der Waals surface area (Å²) < 4.78 is 28.1. The molecule has 0 fully saturated rings. The van der Waals surface area contributed by atoms with E-state index >= 15 is 0 Å². The van der Waals surface area contributed by atoms with Gasteiger partial charge < -0.3 is 5.11 Å². The molecule has 0 unspecified atom stereocenters. The van der Waals surface area contributed by atoms with Gasteiger partial charge in [-0.05, 0) is 46.5 Å². The van der Waals surface area contributed by atoms with E-state index in [2.05, 4.69) is 4.72 Å². The molecule has 1 aromatic carbocycles. The Morgan fingerprint density at radius 1 is 1.10 bits per heavy atom. The van der Waals surface area contributed by atoms with Crippen LogP contribution >= 0.6 is 22.7 Å². The summed E-state index contributed by atoms with van der Waals surface area (Å²) in [6.45, 7) is 0. The van der Waals surface area contributed by atoms with Crippen LogP contribution in [0.15, 0.2) is 46.0 Å². The minimum atomic E-state index is -3.91. The Kier molecular flexibility index (Phi) is 3.44. The van der Waals surface area contributed by atoms with Gasteiger partial charge in [0, 0.05) is 10.4 Å². The third-order valence-electron chi connectivity index (χ3n) is 2.82. The molecule has 0 saturated carbocycles. The van der Waals surface area contributed by atoms with E-state index in [9.17, 15) is 13.2 Å². The summed E-state index contributed by atoms with van der Waals surface area (Å²) in [6, 6.07) is 8.38. The molecule has 108 valence electrons. The van der Waals surface area contributed by atoms with Crippen LogP contribution in [-0.4, -0.2) is 19.5 Å². The first kappa shape index (κ1) is 14.1. The van der Waals surface area contributed by atoms with Crippen LogP contribution in [0, 0.1) is 0 Å². The van der Waals surface area contributed by atoms with E-state index in [1.165, 1.54) is 11.4 Å². The summed E-state index contributed by atoms with van der Waals surface area (Å²) in [4.78, 5) is 10.6. The zero-order valence-corrected chi connectivity index (χ0v) is 12.9. The lowest BCUT2D eigenvalue weighted by Crippen LogP contribution is -2.15. The Morgan fingerprint density at radius 2 is 1.86 bits per heavy atom. The van der Waals surface area contributed by atoms with Crippen LogP contribution < -0.4 is 4.72 Å². The first-order valence-corrected chi connectivity index (χ1v) is 9.02. The smallest absolute Gasteiger partial charge is 0.347 e. The number of aromatic carboxylic acids is 1. The summed E-state index contributed by atoms with van der Waals surface area (Å²) >= 11 is 2.45. The van der Waals surface area contributed by atoms with Gasteiger partial charge in [0.2, 0.25) is 0 Å². The van der Waals surface area contributed by atoms with Crippen LogP contribution in [0.5, 0.6) is 0 Å². The molecule has 2 heterocycles. The van der Waals surface area contributed by atoms with Crippen molar-refractivity contribution in [3.05, 3.63) is 46.0 Å². The molecule has 21 heavy (non-hydrogen) atoms. The van der Waals surface area contributed by atoms with E-state index in [4.69, 9.17) is 5.11 Å². The fourth-order valence-electron chi connectivity index (χ4n) is 1.91. The Labute approximate surface area is 128 Å². The number of rotatable bonds is 4. The van der Waals surface area contributed by atoms with Gasteiger partial charge in [-0.2, -0.15) is 0 Å². The molecule has 0 bridgehead atoms. The third-order valence-corrected chi connectivity index (χ3v) is 6.17. The lowest BCUT2D eigenvalue weighted by molar-refractivity contribution is 0.0698. The lowest BCUT2D eigenvalue weighted by Gasteiger charge is -2.07. The number of benzene rings is 1. The standard InChI is InChI=1S/C13H9NO4S3/c15-13(16)12-11(4-6-20-12)21(17,18)14-9-1-2-10-8(7-9)3-5-19-10/h1-7,14H,(H,15,16). The van der Waals surface area contributed by atoms with Crippen molar-refractivity contribution in [2.45, 2.75) is 4.90 Å². The van der Waals surface area contributed by atoms with Gasteiger partial charge in [0.25, 0.3) is 10.0 Å². The molecule has 3 aromatic rings. The molecule has 8 heteroatoms. The van der Waals surface area contributed by atoms with Crippen LogP contribution in [0.2, 0.25) is 0 Å². The average molecular weight is 339 g/mol. The molecule has 0 spiro atoms. The van der Waals surface area contributed by atoms with Crippen molar-refractivity contribution in [1.82, 2.24) is 0 Å². The van der Waals surface area contributed by atoms with Gasteiger partial charge in [0.1, 0.15) is 9.77 Å². The minimum absolute atomic E-state index is 0.195. The average Bonchev–Trinajstić information content (AvgIpc) is 3.06. The normalized spacial score (nSPS) is 11.6. The number of thiophene rings is 2. The lowest BCUT2D eigenvalue weighted by atomic mass is 10.2. The van der Waals surface area contributed by atoms with Gasteiger partial charge in [-0.3, -0.25) is 4.72 Å². The van der Waals surface area contributed by atoms with Crippen molar-refractivity contribution >= 4 is 54.4 Å². The molecule has 0 radical (unpaired) electrons. The van der Waals surface area contributed by atoms with E-state index in [-0.39, 0.29) is 9.77 Å². The number of nitrogens with one attached hydrogen (secondary N) is 1. The highest BCUT2D eigenvalue weighted by atomic mass is 32.2. The van der Waals surface area contributed by atoms with E-state index < -0.39 is 16.0 Å². The molecule has 0 aliphatic heterocycles. The zero-order valence-electron chi connectivity index (χ0n) is 10.4. The predicted octanol–water partition coefficient (Wildman–Crippen LogP) is 3.46. The molecule has 2 N–H and O–H groups in total. The van der Waals surface area contributed by atoms with E-state index in [0.29, 0.717) is 5.69 Å². The first-order valence-electron chi connectivity index (χ1n) is 5.78. The van der Waals surface area contributed by atoms with Gasteiger partial charge in [-0.1, -0.05) is 0 Å². The van der Waals surface area contributed by atoms with Crippen LogP contribution in [0.25, 0.3) is 10.1 Å². The number of carboxylic acids is 1. The number of fused-ring (bicyclic) bond motifs is 1. The zero-order chi connectivity index (χ0) is 15.0. The monoisotopic (exact) mass is 339 g/mol. The SMILES string of the molecule is O=C(O)c1sccc1S(=O)(=O)Nc1ccc2sccc2c1. The second-order valence-electron chi connectivity index (χ2n) is 4.20. The van der Waals surface area contributed by atoms with Crippen molar-refractivity contribution in [1.29, 1.82) is 0 Å². The van der Waals surface area contributed by atoms with Gasteiger partial charge in [0.05, 0.1) is 0 Å². The number of anilines is 1. The molecule has 5 nitrogen and oxygen atoms in total. The van der Waals surface area contributed by atoms with Crippen molar-refractivity contribution in [2.24, 2.45) is 0 Å². The van der Waals surface area contributed by atoms with Gasteiger partial charge in [-0.15, -0.1) is 22.7 Å². The molecular weight excluding hydrogens is 330 g/mol. The largest absolute Gasteiger partial charge is 0.477 e. The predicted molar refractivity (Wildman–Crippen MR) is 83.9 cm³/mol. The first-order chi connectivity index (χ1) is 9.97. The van der Waals surface area contributed by atoms with E-state index in [1.807, 2.05) is 17.5 Å². The molecular formula is C13H9NO4S3. The van der Waals surface area contributed by atoms with E-state index in [1.54, 1.807) is 23.5 Å². The summed E-state index contributed by atoms with van der Waals surface area (Å²) in [6.07, 6.45) is 0. The van der Waals surface area contributed by atoms with Crippen LogP contribution in [0.3, 0.4) is 0 Å². The number of carbonyl (C=O) groups is 1. The topological polar surface area (TPSA) is 83.5 Å². The van der Waals surface area contributed by atoms with Gasteiger partial charge in [-0.25, -0.2) is 13.2 Å². The molecule has 2 aromatic heterocycles. The molecule has 0 aliphatic rings. The number of sulfonamides is 1. The number of carboxylic acid groups (broad SMARTS) is 1. The van der Waals surface area contributed by atoms with Crippen molar-refractivity contribution in [2.75, 3.05) is 4.72 Å². The maximum Gasteiger partial charge on any atom is 0.347 e. The van der Waals surface area contributed by atoms with Crippen LogP contribution in [-0.2, 0) is 10.0 Å². The van der Waals surface area contributed by atoms with Crippen LogP contribution in [0.4, 0.5) is 5.69 Å². The molecule has 0 saturated heterocycles. The molecule has 3 rings (SSSR count). The quantitative estimate of drug-likeness (QED) is 0.762. The van der Waals surface area contributed by atoms with Crippen molar-refractivity contribution < 1.29 is 18.3 Å².